The molecule has 0 spiro atoms. The van der Waals surface area contributed by atoms with E-state index in [9.17, 15) is 9.59 Å². The molecule has 7 heteroatoms. The first-order valence-electron chi connectivity index (χ1n) is 8.34. The number of carbonyl (C=O) groups is 1. The van der Waals surface area contributed by atoms with Crippen LogP contribution in [0.2, 0.25) is 0 Å². The van der Waals surface area contributed by atoms with E-state index in [4.69, 9.17) is 9.47 Å². The Balaban J connectivity index is 1.71. The maximum atomic E-state index is 12.2. The van der Waals surface area contributed by atoms with Crippen molar-refractivity contribution in [3.8, 4) is 11.5 Å². The zero-order valence-corrected chi connectivity index (χ0v) is 15.4. The summed E-state index contributed by atoms with van der Waals surface area (Å²) in [6.45, 7) is 6.69. The van der Waals surface area contributed by atoms with Crippen LogP contribution in [-0.4, -0.2) is 23.2 Å². The minimum Gasteiger partial charge on any atom is -0.494 e. The highest BCUT2D eigenvalue weighted by molar-refractivity contribution is 7.07. The van der Waals surface area contributed by atoms with Gasteiger partial charge in [0, 0.05) is 35.2 Å². The molecule has 1 atom stereocenters. The van der Waals surface area contributed by atoms with E-state index in [1.807, 2.05) is 32.9 Å². The Kier molecular flexibility index (Phi) is 5.13. The number of nitrogens with zero attached hydrogens (tertiary/aromatic N) is 1. The topological polar surface area (TPSA) is 69.6 Å². The second-order valence-electron chi connectivity index (χ2n) is 6.14. The van der Waals surface area contributed by atoms with Gasteiger partial charge in [0.2, 0.25) is 5.91 Å². The SMILES string of the molecule is CCOc1cc2c(cc1CNC(=O)Cn1c(C)csc1=O)OC(C)C2. The first-order valence-corrected chi connectivity index (χ1v) is 9.22. The Morgan fingerprint density at radius 2 is 2.28 bits per heavy atom. The molecule has 0 radical (unpaired) electrons. The van der Waals surface area contributed by atoms with Crippen molar-refractivity contribution in [1.82, 2.24) is 9.88 Å². The van der Waals surface area contributed by atoms with Gasteiger partial charge in [-0.3, -0.25) is 14.2 Å². The monoisotopic (exact) mass is 362 g/mol. The molecular weight excluding hydrogens is 340 g/mol. The Bertz CT molecular complexity index is 840. The Morgan fingerprint density at radius 3 is 2.96 bits per heavy atom. The van der Waals surface area contributed by atoms with Gasteiger partial charge in [-0.1, -0.05) is 11.3 Å². The normalized spacial score (nSPS) is 15.6. The number of nitrogens with one attached hydrogen (secondary N) is 1. The lowest BCUT2D eigenvalue weighted by atomic mass is 10.1. The van der Waals surface area contributed by atoms with Crippen molar-refractivity contribution >= 4 is 17.2 Å². The molecule has 3 rings (SSSR count). The average Bonchev–Trinajstić information content (AvgIpc) is 3.08. The second-order valence-corrected chi connectivity index (χ2v) is 6.96. The van der Waals surface area contributed by atoms with E-state index in [0.717, 1.165) is 46.1 Å². The highest BCUT2D eigenvalue weighted by atomic mass is 32.1. The molecule has 1 aromatic carbocycles. The highest BCUT2D eigenvalue weighted by Crippen LogP contribution is 2.35. The molecule has 6 nitrogen and oxygen atoms in total. The predicted octanol–water partition coefficient (Wildman–Crippen LogP) is 2.26. The molecule has 1 amide bonds. The van der Waals surface area contributed by atoms with E-state index in [1.165, 1.54) is 4.57 Å². The lowest BCUT2D eigenvalue weighted by molar-refractivity contribution is -0.121. The van der Waals surface area contributed by atoms with Crippen LogP contribution >= 0.6 is 11.3 Å². The quantitative estimate of drug-likeness (QED) is 0.856. The van der Waals surface area contributed by atoms with Crippen molar-refractivity contribution < 1.29 is 14.3 Å². The number of aryl methyl sites for hydroxylation is 1. The summed E-state index contributed by atoms with van der Waals surface area (Å²) >= 11 is 1.10. The minimum absolute atomic E-state index is 0.0244. The molecule has 1 aliphatic heterocycles. The number of aromatic nitrogens is 1. The van der Waals surface area contributed by atoms with Crippen molar-refractivity contribution in [2.24, 2.45) is 0 Å². The van der Waals surface area contributed by atoms with E-state index >= 15 is 0 Å². The molecule has 0 fully saturated rings. The molecule has 1 aromatic heterocycles. The van der Waals surface area contributed by atoms with Crippen LogP contribution in [0.1, 0.15) is 30.7 Å². The number of carbonyl (C=O) groups excluding carboxylic acids is 1. The smallest absolute Gasteiger partial charge is 0.307 e. The van der Waals surface area contributed by atoms with Crippen LogP contribution < -0.4 is 19.7 Å². The van der Waals surface area contributed by atoms with Gasteiger partial charge in [-0.2, -0.15) is 0 Å². The summed E-state index contributed by atoms with van der Waals surface area (Å²) in [5.74, 6) is 1.41. The van der Waals surface area contributed by atoms with Crippen molar-refractivity contribution in [2.45, 2.75) is 46.4 Å². The Hall–Kier alpha value is -2.28. The largest absolute Gasteiger partial charge is 0.494 e. The molecule has 25 heavy (non-hydrogen) atoms. The van der Waals surface area contributed by atoms with Crippen molar-refractivity contribution in [2.75, 3.05) is 6.61 Å². The van der Waals surface area contributed by atoms with Crippen molar-refractivity contribution in [1.29, 1.82) is 0 Å². The molecule has 1 aliphatic rings. The number of fused-ring (bicyclic) bond motifs is 1. The number of ether oxygens (including phenoxy) is 2. The van der Waals surface area contributed by atoms with E-state index < -0.39 is 0 Å². The van der Waals surface area contributed by atoms with Crippen LogP contribution in [0.5, 0.6) is 11.5 Å². The number of amides is 1. The minimum atomic E-state index is -0.208. The lowest BCUT2D eigenvalue weighted by Crippen LogP contribution is -2.30. The van der Waals surface area contributed by atoms with Gasteiger partial charge in [0.15, 0.2) is 0 Å². The summed E-state index contributed by atoms with van der Waals surface area (Å²) < 4.78 is 13.0. The maximum Gasteiger partial charge on any atom is 0.307 e. The van der Waals surface area contributed by atoms with Crippen LogP contribution in [-0.2, 0) is 24.3 Å². The van der Waals surface area contributed by atoms with E-state index in [2.05, 4.69) is 5.32 Å². The van der Waals surface area contributed by atoms with E-state index in [0.29, 0.717) is 13.2 Å². The third-order valence-corrected chi connectivity index (χ3v) is 5.01. The zero-order valence-electron chi connectivity index (χ0n) is 14.6. The summed E-state index contributed by atoms with van der Waals surface area (Å²) in [4.78, 5) is 23.8. The fraction of sp³-hybridized carbons (Fsp3) is 0.444. The fourth-order valence-corrected chi connectivity index (χ4v) is 3.63. The van der Waals surface area contributed by atoms with Crippen molar-refractivity contribution in [3.63, 3.8) is 0 Å². The fourth-order valence-electron chi connectivity index (χ4n) is 2.90. The van der Waals surface area contributed by atoms with Gasteiger partial charge in [-0.05, 0) is 32.9 Å². The summed E-state index contributed by atoms with van der Waals surface area (Å²) in [5.41, 5.74) is 2.80. The molecular formula is C18H22N2O4S. The van der Waals surface area contributed by atoms with Gasteiger partial charge in [0.05, 0.1) is 6.61 Å². The van der Waals surface area contributed by atoms with Gasteiger partial charge in [0.1, 0.15) is 24.1 Å². The second kappa shape index (κ2) is 7.31. The van der Waals surface area contributed by atoms with Crippen LogP contribution in [0.4, 0.5) is 0 Å². The molecule has 2 heterocycles. The summed E-state index contributed by atoms with van der Waals surface area (Å²) in [7, 11) is 0. The van der Waals surface area contributed by atoms with Gasteiger partial charge in [-0.25, -0.2) is 0 Å². The van der Waals surface area contributed by atoms with Crippen molar-refractivity contribution in [3.05, 3.63) is 44.0 Å². The third-order valence-electron chi connectivity index (χ3n) is 4.13. The number of hydrogen-bond donors (Lipinski definition) is 1. The van der Waals surface area contributed by atoms with Crippen LogP contribution in [0, 0.1) is 6.92 Å². The molecule has 134 valence electrons. The molecule has 1 N–H and O–H groups in total. The van der Waals surface area contributed by atoms with E-state index in [-0.39, 0.29) is 23.4 Å². The molecule has 0 bridgehead atoms. The Labute approximate surface area is 150 Å². The first kappa shape index (κ1) is 17.5. The highest BCUT2D eigenvalue weighted by Gasteiger charge is 2.22. The molecule has 2 aromatic rings. The molecule has 0 saturated heterocycles. The van der Waals surface area contributed by atoms with Gasteiger partial charge < -0.3 is 14.8 Å². The standard InChI is InChI=1S/C18H22N2O4S/c1-4-23-15-6-13-5-12(3)24-16(13)7-14(15)8-19-17(21)9-20-11(2)10-25-18(20)22/h6-7,10,12H,4-5,8-9H2,1-3H3,(H,19,21). The summed E-state index contributed by atoms with van der Waals surface area (Å²) in [5, 5.41) is 4.62. The number of hydrogen-bond acceptors (Lipinski definition) is 5. The predicted molar refractivity (Wildman–Crippen MR) is 96.6 cm³/mol. The van der Waals surface area contributed by atoms with Crippen LogP contribution in [0.15, 0.2) is 22.3 Å². The van der Waals surface area contributed by atoms with Crippen LogP contribution in [0.25, 0.3) is 0 Å². The number of benzene rings is 1. The lowest BCUT2D eigenvalue weighted by Gasteiger charge is -2.13. The molecule has 0 saturated carbocycles. The van der Waals surface area contributed by atoms with Gasteiger partial charge >= 0.3 is 4.87 Å². The van der Waals surface area contributed by atoms with E-state index in [1.54, 1.807) is 5.38 Å². The average molecular weight is 362 g/mol. The zero-order chi connectivity index (χ0) is 18.0. The van der Waals surface area contributed by atoms with Gasteiger partial charge in [-0.15, -0.1) is 0 Å². The first-order chi connectivity index (χ1) is 12.0. The third kappa shape index (κ3) is 3.87. The molecule has 1 unspecified atom stereocenters. The maximum absolute atomic E-state index is 12.2. The number of thiazole rings is 1. The van der Waals surface area contributed by atoms with Crippen LogP contribution in [0.3, 0.4) is 0 Å². The summed E-state index contributed by atoms with van der Waals surface area (Å²) in [6, 6.07) is 3.93. The molecule has 0 aliphatic carbocycles. The van der Waals surface area contributed by atoms with Gasteiger partial charge in [0.25, 0.3) is 0 Å². The Morgan fingerprint density at radius 1 is 1.48 bits per heavy atom. The number of rotatable bonds is 6. The summed E-state index contributed by atoms with van der Waals surface area (Å²) in [6.07, 6.45) is 1.02.